The fourth-order valence-electron chi connectivity index (χ4n) is 3.09. The number of nitrogens with zero attached hydrogens (tertiary/aromatic N) is 1. The van der Waals surface area contributed by atoms with E-state index >= 15 is 0 Å². The number of rotatable bonds is 7. The lowest BCUT2D eigenvalue weighted by atomic mass is 9.87. The van der Waals surface area contributed by atoms with Crippen LogP contribution >= 0.6 is 34.8 Å². The van der Waals surface area contributed by atoms with Crippen LogP contribution in [0, 0.1) is 0 Å². The fourth-order valence-corrected chi connectivity index (χ4v) is 3.83. The van der Waals surface area contributed by atoms with Crippen molar-refractivity contribution in [2.24, 2.45) is 5.10 Å². The van der Waals surface area contributed by atoms with Crippen molar-refractivity contribution in [2.75, 3.05) is 7.11 Å². The largest absolute Gasteiger partial charge is 0.493 e. The number of nitrogens with one attached hydrogen (secondary N) is 1. The number of hydrazone groups is 1. The van der Waals surface area contributed by atoms with Crippen molar-refractivity contribution in [3.8, 4) is 11.5 Å². The molecule has 0 saturated heterocycles. The van der Waals surface area contributed by atoms with Crippen LogP contribution in [0.3, 0.4) is 0 Å². The predicted molar refractivity (Wildman–Crippen MR) is 139 cm³/mol. The van der Waals surface area contributed by atoms with Gasteiger partial charge in [-0.3, -0.25) is 4.79 Å². The number of hydrogen-bond donors (Lipinski definition) is 1. The molecule has 0 spiro atoms. The van der Waals surface area contributed by atoms with Crippen LogP contribution in [0.2, 0.25) is 15.1 Å². The highest BCUT2D eigenvalue weighted by Crippen LogP contribution is 2.37. The van der Waals surface area contributed by atoms with Gasteiger partial charge in [0.05, 0.1) is 18.3 Å². The zero-order valence-electron chi connectivity index (χ0n) is 19.3. The van der Waals surface area contributed by atoms with Crippen molar-refractivity contribution in [3.05, 3.63) is 91.9 Å². The highest BCUT2D eigenvalue weighted by molar-refractivity contribution is 6.35. The van der Waals surface area contributed by atoms with Crippen LogP contribution < -0.4 is 14.9 Å². The smallest absolute Gasteiger partial charge is 0.271 e. The molecule has 0 fully saturated rings. The molecular weight excluding hydrogens is 495 g/mol. The van der Waals surface area contributed by atoms with Crippen LogP contribution in [0.5, 0.6) is 11.5 Å². The second-order valence-electron chi connectivity index (χ2n) is 8.58. The molecule has 178 valence electrons. The van der Waals surface area contributed by atoms with Crippen LogP contribution in [0.15, 0.2) is 59.7 Å². The molecule has 1 amide bonds. The standard InChI is InChI=1S/C26H25Cl3N2O3/c1-26(2,3)19-8-5-17(6-9-19)25(32)31-30-14-16-11-22(29)24(23(12-16)33-4)34-15-18-7-10-20(27)13-21(18)28/h5-14H,15H2,1-4H3,(H,31,32)/b30-14-. The number of hydrogen-bond acceptors (Lipinski definition) is 4. The maximum atomic E-state index is 12.4. The van der Waals surface area contributed by atoms with Gasteiger partial charge in [-0.1, -0.05) is 73.8 Å². The van der Waals surface area contributed by atoms with Crippen LogP contribution in [0.25, 0.3) is 0 Å². The van der Waals surface area contributed by atoms with Gasteiger partial charge in [0.1, 0.15) is 6.61 Å². The molecule has 0 heterocycles. The number of carbonyl (C=O) groups excluding carboxylic acids is 1. The van der Waals surface area contributed by atoms with Gasteiger partial charge in [0.15, 0.2) is 11.5 Å². The summed E-state index contributed by atoms with van der Waals surface area (Å²) in [5.41, 5.74) is 5.59. The lowest BCUT2D eigenvalue weighted by Crippen LogP contribution is -2.18. The Bertz CT molecular complexity index is 1200. The minimum absolute atomic E-state index is 0.0163. The lowest BCUT2D eigenvalue weighted by molar-refractivity contribution is 0.0955. The lowest BCUT2D eigenvalue weighted by Gasteiger charge is -2.18. The molecule has 3 rings (SSSR count). The van der Waals surface area contributed by atoms with E-state index in [-0.39, 0.29) is 17.9 Å². The van der Waals surface area contributed by atoms with E-state index in [9.17, 15) is 4.79 Å². The molecule has 5 nitrogen and oxygen atoms in total. The van der Waals surface area contributed by atoms with Crippen LogP contribution in [-0.4, -0.2) is 19.2 Å². The highest BCUT2D eigenvalue weighted by atomic mass is 35.5. The Labute approximate surface area is 214 Å². The van der Waals surface area contributed by atoms with Crippen LogP contribution in [0.4, 0.5) is 0 Å². The van der Waals surface area contributed by atoms with Crippen molar-refractivity contribution in [1.29, 1.82) is 0 Å². The summed E-state index contributed by atoms with van der Waals surface area (Å²) in [6, 6.07) is 16.0. The van der Waals surface area contributed by atoms with Gasteiger partial charge in [-0.15, -0.1) is 0 Å². The van der Waals surface area contributed by atoms with E-state index in [0.717, 1.165) is 11.1 Å². The molecule has 0 unspecified atom stereocenters. The van der Waals surface area contributed by atoms with Gasteiger partial charge in [0, 0.05) is 21.2 Å². The minimum atomic E-state index is -0.311. The molecule has 0 aliphatic carbocycles. The SMILES string of the molecule is COc1cc(/C=N\NC(=O)c2ccc(C(C)(C)C)cc2)cc(Cl)c1OCc1ccc(Cl)cc1Cl. The first-order valence-electron chi connectivity index (χ1n) is 10.5. The summed E-state index contributed by atoms with van der Waals surface area (Å²) in [7, 11) is 1.51. The topological polar surface area (TPSA) is 59.9 Å². The normalized spacial score (nSPS) is 11.5. The number of benzene rings is 3. The van der Waals surface area contributed by atoms with Crippen molar-refractivity contribution >= 4 is 46.9 Å². The van der Waals surface area contributed by atoms with Crippen molar-refractivity contribution in [2.45, 2.75) is 32.8 Å². The van der Waals surface area contributed by atoms with Gasteiger partial charge in [0.2, 0.25) is 0 Å². The third-order valence-corrected chi connectivity index (χ3v) is 5.90. The Kier molecular flexibility index (Phi) is 8.47. The van der Waals surface area contributed by atoms with E-state index in [1.165, 1.54) is 13.3 Å². The van der Waals surface area contributed by atoms with Gasteiger partial charge in [0.25, 0.3) is 5.91 Å². The molecule has 0 atom stereocenters. The van der Waals surface area contributed by atoms with Gasteiger partial charge in [-0.05, 0) is 52.9 Å². The van der Waals surface area contributed by atoms with Crippen molar-refractivity contribution in [1.82, 2.24) is 5.43 Å². The van der Waals surface area contributed by atoms with Gasteiger partial charge in [-0.2, -0.15) is 5.10 Å². The Morgan fingerprint density at radius 3 is 2.32 bits per heavy atom. The minimum Gasteiger partial charge on any atom is -0.493 e. The summed E-state index contributed by atoms with van der Waals surface area (Å²) < 4.78 is 11.3. The molecule has 34 heavy (non-hydrogen) atoms. The third-order valence-electron chi connectivity index (χ3n) is 5.03. The van der Waals surface area contributed by atoms with Crippen LogP contribution in [0.1, 0.15) is 47.8 Å². The fraction of sp³-hybridized carbons (Fsp3) is 0.231. The number of carbonyl (C=O) groups is 1. The molecule has 8 heteroatoms. The molecule has 1 N–H and O–H groups in total. The quantitative estimate of drug-likeness (QED) is 0.263. The molecule has 0 aromatic heterocycles. The molecule has 0 radical (unpaired) electrons. The Hall–Kier alpha value is -2.73. The molecular formula is C26H25Cl3N2O3. The Balaban J connectivity index is 1.68. The molecule has 0 aliphatic heterocycles. The zero-order chi connectivity index (χ0) is 24.9. The highest BCUT2D eigenvalue weighted by Gasteiger charge is 2.15. The second kappa shape index (κ2) is 11.1. The van der Waals surface area contributed by atoms with E-state index in [4.69, 9.17) is 44.3 Å². The van der Waals surface area contributed by atoms with E-state index in [1.807, 2.05) is 12.1 Å². The zero-order valence-corrected chi connectivity index (χ0v) is 21.6. The van der Waals surface area contributed by atoms with E-state index in [0.29, 0.717) is 37.7 Å². The average molecular weight is 520 g/mol. The summed E-state index contributed by atoms with van der Waals surface area (Å²) in [6.07, 6.45) is 1.48. The van der Waals surface area contributed by atoms with Gasteiger partial charge >= 0.3 is 0 Å². The van der Waals surface area contributed by atoms with Gasteiger partial charge < -0.3 is 9.47 Å². The average Bonchev–Trinajstić information content (AvgIpc) is 2.78. The maximum Gasteiger partial charge on any atom is 0.271 e. The summed E-state index contributed by atoms with van der Waals surface area (Å²) in [5.74, 6) is 0.480. The third kappa shape index (κ3) is 6.66. The Morgan fingerprint density at radius 2 is 1.71 bits per heavy atom. The summed E-state index contributed by atoms with van der Waals surface area (Å²) >= 11 is 18.6. The number of amides is 1. The molecule has 0 aliphatic rings. The molecule has 0 saturated carbocycles. The van der Waals surface area contributed by atoms with E-state index in [2.05, 4.69) is 31.3 Å². The van der Waals surface area contributed by atoms with Crippen LogP contribution in [-0.2, 0) is 12.0 Å². The molecule has 0 bridgehead atoms. The van der Waals surface area contributed by atoms with E-state index in [1.54, 1.807) is 42.5 Å². The first kappa shape index (κ1) is 25.9. The first-order valence-corrected chi connectivity index (χ1v) is 11.6. The summed E-state index contributed by atoms with van der Waals surface area (Å²) in [4.78, 5) is 12.4. The second-order valence-corrected chi connectivity index (χ2v) is 9.84. The molecule has 3 aromatic carbocycles. The van der Waals surface area contributed by atoms with E-state index < -0.39 is 0 Å². The predicted octanol–water partition coefficient (Wildman–Crippen LogP) is 7.30. The van der Waals surface area contributed by atoms with Crippen molar-refractivity contribution < 1.29 is 14.3 Å². The number of ether oxygens (including phenoxy) is 2. The summed E-state index contributed by atoms with van der Waals surface area (Å²) in [6.45, 7) is 6.54. The first-order chi connectivity index (χ1) is 16.1. The molecule has 3 aromatic rings. The van der Waals surface area contributed by atoms with Crippen molar-refractivity contribution in [3.63, 3.8) is 0 Å². The Morgan fingerprint density at radius 1 is 1.00 bits per heavy atom. The number of methoxy groups -OCH3 is 1. The summed E-state index contributed by atoms with van der Waals surface area (Å²) in [5, 5.41) is 5.41. The monoisotopic (exact) mass is 518 g/mol. The van der Waals surface area contributed by atoms with Gasteiger partial charge in [-0.25, -0.2) is 5.43 Å². The number of halogens is 3. The maximum absolute atomic E-state index is 12.4.